The lowest BCUT2D eigenvalue weighted by Gasteiger charge is -2.36. The molecule has 4 heteroatoms. The number of nitrogens with zero attached hydrogens (tertiary/aromatic N) is 1. The molecule has 0 radical (unpaired) electrons. The van der Waals surface area contributed by atoms with Gasteiger partial charge in [0.05, 0.1) is 0 Å². The van der Waals surface area contributed by atoms with E-state index in [1.165, 1.54) is 5.56 Å². The summed E-state index contributed by atoms with van der Waals surface area (Å²) < 4.78 is 0. The Morgan fingerprint density at radius 1 is 1.07 bits per heavy atom. The zero-order chi connectivity index (χ0) is 19.6. The Bertz CT molecular complexity index is 857. The van der Waals surface area contributed by atoms with Gasteiger partial charge in [-0.05, 0) is 54.2 Å². The Hall–Kier alpha value is -2.62. The van der Waals surface area contributed by atoms with Crippen LogP contribution in [0.1, 0.15) is 42.5 Å². The van der Waals surface area contributed by atoms with Crippen molar-refractivity contribution in [1.82, 2.24) is 4.90 Å². The van der Waals surface area contributed by atoms with Crippen LogP contribution in [0.15, 0.2) is 42.5 Å². The van der Waals surface area contributed by atoms with Crippen molar-refractivity contribution >= 4 is 17.5 Å². The zero-order valence-corrected chi connectivity index (χ0v) is 16.6. The minimum absolute atomic E-state index is 0.0414. The normalized spacial score (nSPS) is 16.2. The number of hydrogen-bond acceptors (Lipinski definition) is 2. The molecule has 1 aliphatic rings. The molecular weight excluding hydrogens is 336 g/mol. The third-order valence-electron chi connectivity index (χ3n) is 5.23. The van der Waals surface area contributed by atoms with Crippen molar-refractivity contribution in [2.45, 2.75) is 53.1 Å². The quantitative estimate of drug-likeness (QED) is 0.882. The van der Waals surface area contributed by atoms with E-state index in [-0.39, 0.29) is 17.7 Å². The standard InChI is InChI=1S/C23H28N2O2/c1-15(2)11-22(26)25-14-19-8-6-5-7-18(19)13-21(25)23(27)24-20-10-9-16(3)17(4)12-20/h5-10,12,15,21H,11,13-14H2,1-4H3,(H,24,27). The van der Waals surface area contributed by atoms with Crippen LogP contribution in [0.5, 0.6) is 0 Å². The number of anilines is 1. The molecule has 2 aromatic carbocycles. The van der Waals surface area contributed by atoms with E-state index >= 15 is 0 Å². The molecule has 2 amide bonds. The largest absolute Gasteiger partial charge is 0.326 e. The summed E-state index contributed by atoms with van der Waals surface area (Å²) in [6.07, 6.45) is 1.01. The van der Waals surface area contributed by atoms with Gasteiger partial charge in [0.25, 0.3) is 0 Å². The second kappa shape index (κ2) is 7.95. The summed E-state index contributed by atoms with van der Waals surface area (Å²) in [6, 6.07) is 13.5. The van der Waals surface area contributed by atoms with Crippen molar-refractivity contribution in [2.24, 2.45) is 5.92 Å². The molecular formula is C23H28N2O2. The van der Waals surface area contributed by atoms with E-state index in [2.05, 4.69) is 11.4 Å². The highest BCUT2D eigenvalue weighted by Gasteiger charge is 2.34. The fourth-order valence-electron chi connectivity index (χ4n) is 3.53. The Labute approximate surface area is 161 Å². The fourth-order valence-corrected chi connectivity index (χ4v) is 3.53. The topological polar surface area (TPSA) is 49.4 Å². The monoisotopic (exact) mass is 364 g/mol. The number of nitrogens with one attached hydrogen (secondary N) is 1. The van der Waals surface area contributed by atoms with Gasteiger partial charge in [0.15, 0.2) is 0 Å². The number of rotatable bonds is 4. The molecule has 0 saturated heterocycles. The van der Waals surface area contributed by atoms with Crippen molar-refractivity contribution in [3.05, 3.63) is 64.7 Å². The van der Waals surface area contributed by atoms with Gasteiger partial charge in [-0.2, -0.15) is 0 Å². The second-order valence-corrected chi connectivity index (χ2v) is 7.90. The van der Waals surface area contributed by atoms with E-state index in [1.807, 2.05) is 64.1 Å². The van der Waals surface area contributed by atoms with Crippen LogP contribution >= 0.6 is 0 Å². The molecule has 1 unspecified atom stereocenters. The van der Waals surface area contributed by atoms with E-state index in [9.17, 15) is 9.59 Å². The first-order valence-corrected chi connectivity index (χ1v) is 9.59. The highest BCUT2D eigenvalue weighted by Crippen LogP contribution is 2.26. The lowest BCUT2D eigenvalue weighted by Crippen LogP contribution is -2.50. The molecule has 0 saturated carbocycles. The van der Waals surface area contributed by atoms with Crippen molar-refractivity contribution in [3.8, 4) is 0 Å². The third-order valence-corrected chi connectivity index (χ3v) is 5.23. The molecule has 2 aromatic rings. The van der Waals surface area contributed by atoms with E-state index in [0.717, 1.165) is 22.4 Å². The van der Waals surface area contributed by atoms with E-state index in [1.54, 1.807) is 4.90 Å². The Morgan fingerprint density at radius 2 is 1.78 bits per heavy atom. The molecule has 1 atom stereocenters. The smallest absolute Gasteiger partial charge is 0.247 e. The van der Waals surface area contributed by atoms with Gasteiger partial charge in [0, 0.05) is 25.1 Å². The number of amides is 2. The van der Waals surface area contributed by atoms with Crippen molar-refractivity contribution in [2.75, 3.05) is 5.32 Å². The maximum Gasteiger partial charge on any atom is 0.247 e. The first-order chi connectivity index (χ1) is 12.8. The highest BCUT2D eigenvalue weighted by molar-refractivity contribution is 5.97. The molecule has 0 fully saturated rings. The maximum atomic E-state index is 13.1. The lowest BCUT2D eigenvalue weighted by atomic mass is 9.92. The van der Waals surface area contributed by atoms with Gasteiger partial charge in [0.1, 0.15) is 6.04 Å². The lowest BCUT2D eigenvalue weighted by molar-refractivity contribution is -0.140. The molecule has 4 nitrogen and oxygen atoms in total. The predicted molar refractivity (Wildman–Crippen MR) is 108 cm³/mol. The number of fused-ring (bicyclic) bond motifs is 1. The van der Waals surface area contributed by atoms with E-state index in [4.69, 9.17) is 0 Å². The Balaban J connectivity index is 1.85. The summed E-state index contributed by atoms with van der Waals surface area (Å²) >= 11 is 0. The number of benzene rings is 2. The fraction of sp³-hybridized carbons (Fsp3) is 0.391. The molecule has 142 valence electrons. The minimum Gasteiger partial charge on any atom is -0.326 e. The molecule has 0 spiro atoms. The molecule has 3 rings (SSSR count). The molecule has 1 N–H and O–H groups in total. The maximum absolute atomic E-state index is 13.1. The first kappa shape index (κ1) is 19.2. The van der Waals surface area contributed by atoms with Gasteiger partial charge in [-0.15, -0.1) is 0 Å². The summed E-state index contributed by atoms with van der Waals surface area (Å²) in [4.78, 5) is 27.6. The second-order valence-electron chi connectivity index (χ2n) is 7.90. The van der Waals surface area contributed by atoms with Crippen LogP contribution in [0, 0.1) is 19.8 Å². The average molecular weight is 364 g/mol. The average Bonchev–Trinajstić information content (AvgIpc) is 2.63. The number of hydrogen-bond donors (Lipinski definition) is 1. The zero-order valence-electron chi connectivity index (χ0n) is 16.6. The summed E-state index contributed by atoms with van der Waals surface area (Å²) in [5.74, 6) is 0.183. The molecule has 1 heterocycles. The summed E-state index contributed by atoms with van der Waals surface area (Å²) in [6.45, 7) is 8.62. The Morgan fingerprint density at radius 3 is 2.44 bits per heavy atom. The van der Waals surface area contributed by atoms with Gasteiger partial charge in [-0.25, -0.2) is 0 Å². The van der Waals surface area contributed by atoms with Crippen LogP contribution in [0.25, 0.3) is 0 Å². The first-order valence-electron chi connectivity index (χ1n) is 9.59. The van der Waals surface area contributed by atoms with E-state index in [0.29, 0.717) is 19.4 Å². The van der Waals surface area contributed by atoms with Crippen LogP contribution in [0.2, 0.25) is 0 Å². The third kappa shape index (κ3) is 4.38. The van der Waals surface area contributed by atoms with Crippen LogP contribution in [-0.4, -0.2) is 22.8 Å². The number of aryl methyl sites for hydroxylation is 2. The summed E-state index contributed by atoms with van der Waals surface area (Å²) in [5.41, 5.74) is 5.37. The van der Waals surface area contributed by atoms with Gasteiger partial charge in [0.2, 0.25) is 11.8 Å². The minimum atomic E-state index is -0.479. The SMILES string of the molecule is Cc1ccc(NC(=O)C2Cc3ccccc3CN2C(=O)CC(C)C)cc1C. The highest BCUT2D eigenvalue weighted by atomic mass is 16.2. The molecule has 0 aromatic heterocycles. The van der Waals surface area contributed by atoms with Gasteiger partial charge < -0.3 is 10.2 Å². The summed E-state index contributed by atoms with van der Waals surface area (Å²) in [5, 5.41) is 3.02. The van der Waals surface area contributed by atoms with Gasteiger partial charge in [-0.1, -0.05) is 44.2 Å². The molecule has 1 aliphatic heterocycles. The van der Waals surface area contributed by atoms with Gasteiger partial charge in [-0.3, -0.25) is 9.59 Å². The van der Waals surface area contributed by atoms with E-state index < -0.39 is 6.04 Å². The van der Waals surface area contributed by atoms with Crippen molar-refractivity contribution in [1.29, 1.82) is 0 Å². The predicted octanol–water partition coefficient (Wildman–Crippen LogP) is 4.24. The van der Waals surface area contributed by atoms with Crippen LogP contribution < -0.4 is 5.32 Å². The van der Waals surface area contributed by atoms with Crippen LogP contribution in [0.3, 0.4) is 0 Å². The van der Waals surface area contributed by atoms with Crippen molar-refractivity contribution < 1.29 is 9.59 Å². The van der Waals surface area contributed by atoms with Crippen molar-refractivity contribution in [3.63, 3.8) is 0 Å². The molecule has 27 heavy (non-hydrogen) atoms. The van der Waals surface area contributed by atoms with Crippen LogP contribution in [0.4, 0.5) is 5.69 Å². The Kier molecular flexibility index (Phi) is 5.64. The van der Waals surface area contributed by atoms with Crippen LogP contribution in [-0.2, 0) is 22.6 Å². The summed E-state index contributed by atoms with van der Waals surface area (Å²) in [7, 11) is 0. The molecule has 0 aliphatic carbocycles. The number of carbonyl (C=O) groups excluding carboxylic acids is 2. The molecule has 0 bridgehead atoms. The van der Waals surface area contributed by atoms with Gasteiger partial charge >= 0.3 is 0 Å². The number of carbonyl (C=O) groups is 2.